The number of nitrogens with one attached hydrogen (secondary N) is 1. The number of aliphatic hydroxyl groups is 2. The third kappa shape index (κ3) is 41.8. The van der Waals surface area contributed by atoms with Gasteiger partial charge < -0.3 is 20.3 Å². The first-order valence-corrected chi connectivity index (χ1v) is 24.1. The monoisotopic (exact) mass is 776 g/mol. The number of esters is 1. The molecule has 55 heavy (non-hydrogen) atoms. The fourth-order valence-corrected chi connectivity index (χ4v) is 7.24. The fraction of sp³-hybridized carbons (Fsp3) is 0.878. The Kier molecular flexibility index (Phi) is 43.7. The molecule has 0 spiro atoms. The lowest BCUT2D eigenvalue weighted by Crippen LogP contribution is -2.45. The topological polar surface area (TPSA) is 95.9 Å². The zero-order valence-electron chi connectivity index (χ0n) is 36.7. The smallest absolute Gasteiger partial charge is 0.305 e. The average molecular weight is 776 g/mol. The molecular weight excluding hydrogens is 683 g/mol. The Morgan fingerprint density at radius 3 is 1.44 bits per heavy atom. The summed E-state index contributed by atoms with van der Waals surface area (Å²) < 4.78 is 5.44. The lowest BCUT2D eigenvalue weighted by Gasteiger charge is -2.22. The molecule has 0 bridgehead atoms. The molecule has 324 valence electrons. The average Bonchev–Trinajstić information content (AvgIpc) is 3.18. The van der Waals surface area contributed by atoms with Crippen LogP contribution in [0.1, 0.15) is 251 Å². The molecule has 2 atom stereocenters. The van der Waals surface area contributed by atoms with Gasteiger partial charge in [0.1, 0.15) is 0 Å². The minimum absolute atomic E-state index is 0.0243. The van der Waals surface area contributed by atoms with E-state index in [0.29, 0.717) is 25.9 Å². The van der Waals surface area contributed by atoms with Crippen LogP contribution in [0.25, 0.3) is 0 Å². The van der Waals surface area contributed by atoms with Crippen LogP contribution in [0.4, 0.5) is 0 Å². The molecule has 0 aliphatic rings. The maximum Gasteiger partial charge on any atom is 0.305 e. The number of carbonyl (C=O) groups excluding carboxylic acids is 2. The van der Waals surface area contributed by atoms with Gasteiger partial charge >= 0.3 is 5.97 Å². The summed E-state index contributed by atoms with van der Waals surface area (Å²) in [5.41, 5.74) is 0. The first-order valence-electron chi connectivity index (χ1n) is 24.1. The predicted octanol–water partition coefficient (Wildman–Crippen LogP) is 14.0. The highest BCUT2D eigenvalue weighted by molar-refractivity contribution is 5.76. The normalized spacial score (nSPS) is 12.9. The van der Waals surface area contributed by atoms with Gasteiger partial charge in [-0.15, -0.1) is 0 Å². The lowest BCUT2D eigenvalue weighted by atomic mass is 10.0. The Morgan fingerprint density at radius 1 is 0.509 bits per heavy atom. The van der Waals surface area contributed by atoms with Crippen LogP contribution < -0.4 is 5.32 Å². The van der Waals surface area contributed by atoms with Crippen molar-refractivity contribution in [1.29, 1.82) is 0 Å². The maximum absolute atomic E-state index is 12.4. The summed E-state index contributed by atoms with van der Waals surface area (Å²) >= 11 is 0. The fourth-order valence-electron chi connectivity index (χ4n) is 7.24. The number of rotatable bonds is 44. The van der Waals surface area contributed by atoms with Gasteiger partial charge in [0.2, 0.25) is 5.91 Å². The van der Waals surface area contributed by atoms with Crippen molar-refractivity contribution >= 4 is 11.9 Å². The second-order valence-corrected chi connectivity index (χ2v) is 16.4. The summed E-state index contributed by atoms with van der Waals surface area (Å²) in [5, 5.41) is 23.1. The molecule has 0 aliphatic heterocycles. The zero-order chi connectivity index (χ0) is 40.1. The van der Waals surface area contributed by atoms with E-state index in [-0.39, 0.29) is 18.5 Å². The van der Waals surface area contributed by atoms with Gasteiger partial charge in [-0.2, -0.15) is 0 Å². The summed E-state index contributed by atoms with van der Waals surface area (Å²) in [7, 11) is 0. The summed E-state index contributed by atoms with van der Waals surface area (Å²) in [6, 6.07) is -0.552. The van der Waals surface area contributed by atoms with Gasteiger partial charge in [-0.3, -0.25) is 9.59 Å². The molecule has 0 aromatic heterocycles. The summed E-state index contributed by atoms with van der Waals surface area (Å²) in [5.74, 6) is -0.0769. The number of aliphatic hydroxyl groups excluding tert-OH is 2. The second kappa shape index (κ2) is 45.0. The van der Waals surface area contributed by atoms with Crippen LogP contribution in [0.5, 0.6) is 0 Å². The molecule has 6 heteroatoms. The molecule has 0 heterocycles. The minimum Gasteiger partial charge on any atom is -0.466 e. The molecule has 0 aliphatic carbocycles. The molecule has 0 aromatic carbocycles. The van der Waals surface area contributed by atoms with Gasteiger partial charge in [0.15, 0.2) is 0 Å². The lowest BCUT2D eigenvalue weighted by molar-refractivity contribution is -0.143. The highest BCUT2D eigenvalue weighted by Crippen LogP contribution is 2.16. The van der Waals surface area contributed by atoms with Gasteiger partial charge in [0.25, 0.3) is 0 Å². The number of amides is 1. The SMILES string of the molecule is CCCC/C=C\C/C=C\CCCCCCCC(=O)OCCCCCCCCCCCCCCC(=O)NC(CO)C(O)CCCCCCCCCCCCCC. The molecule has 2 unspecified atom stereocenters. The summed E-state index contributed by atoms with van der Waals surface area (Å²) in [6.45, 7) is 4.86. The van der Waals surface area contributed by atoms with Crippen molar-refractivity contribution in [2.24, 2.45) is 0 Å². The van der Waals surface area contributed by atoms with Crippen molar-refractivity contribution in [2.45, 2.75) is 264 Å². The minimum atomic E-state index is -0.673. The van der Waals surface area contributed by atoms with Crippen molar-refractivity contribution in [3.05, 3.63) is 24.3 Å². The zero-order valence-corrected chi connectivity index (χ0v) is 36.7. The first kappa shape index (κ1) is 53.3. The van der Waals surface area contributed by atoms with E-state index >= 15 is 0 Å². The van der Waals surface area contributed by atoms with E-state index in [4.69, 9.17) is 4.74 Å². The molecule has 0 saturated heterocycles. The molecule has 3 N–H and O–H groups in total. The quantitative estimate of drug-likeness (QED) is 0.0325. The van der Waals surface area contributed by atoms with E-state index < -0.39 is 12.1 Å². The number of allylic oxidation sites excluding steroid dienone is 4. The molecule has 0 rings (SSSR count). The van der Waals surface area contributed by atoms with Gasteiger partial charge in [-0.1, -0.05) is 212 Å². The van der Waals surface area contributed by atoms with Crippen LogP contribution in [0.15, 0.2) is 24.3 Å². The Balaban J connectivity index is 3.47. The molecule has 0 fully saturated rings. The van der Waals surface area contributed by atoms with E-state index in [2.05, 4.69) is 43.5 Å². The van der Waals surface area contributed by atoms with Gasteiger partial charge in [-0.05, 0) is 51.4 Å². The highest BCUT2D eigenvalue weighted by atomic mass is 16.5. The van der Waals surface area contributed by atoms with Crippen molar-refractivity contribution in [1.82, 2.24) is 5.32 Å². The van der Waals surface area contributed by atoms with Crippen LogP contribution in [0, 0.1) is 0 Å². The van der Waals surface area contributed by atoms with Crippen LogP contribution >= 0.6 is 0 Å². The second-order valence-electron chi connectivity index (χ2n) is 16.4. The summed E-state index contributed by atoms with van der Waals surface area (Å²) in [6.07, 6.45) is 51.3. The van der Waals surface area contributed by atoms with Gasteiger partial charge in [-0.25, -0.2) is 0 Å². The van der Waals surface area contributed by atoms with E-state index in [1.54, 1.807) is 0 Å². The third-order valence-corrected chi connectivity index (χ3v) is 11.0. The van der Waals surface area contributed by atoms with E-state index in [9.17, 15) is 19.8 Å². The molecular formula is C49H93NO5. The molecule has 6 nitrogen and oxygen atoms in total. The van der Waals surface area contributed by atoms with Gasteiger partial charge in [0.05, 0.1) is 25.4 Å². The Hall–Kier alpha value is -1.66. The molecule has 0 saturated carbocycles. The van der Waals surface area contributed by atoms with Crippen LogP contribution in [-0.2, 0) is 14.3 Å². The first-order chi connectivity index (χ1) is 27.0. The number of carbonyl (C=O) groups is 2. The number of ether oxygens (including phenoxy) is 1. The maximum atomic E-state index is 12.4. The number of unbranched alkanes of at least 4 members (excludes halogenated alkanes) is 29. The third-order valence-electron chi connectivity index (χ3n) is 11.0. The van der Waals surface area contributed by atoms with Crippen molar-refractivity contribution in [2.75, 3.05) is 13.2 Å². The largest absolute Gasteiger partial charge is 0.466 e. The van der Waals surface area contributed by atoms with Crippen molar-refractivity contribution in [3.63, 3.8) is 0 Å². The van der Waals surface area contributed by atoms with Crippen LogP contribution in [0.2, 0.25) is 0 Å². The van der Waals surface area contributed by atoms with Gasteiger partial charge in [0, 0.05) is 12.8 Å². The Labute approximate surface area is 341 Å². The molecule has 0 radical (unpaired) electrons. The van der Waals surface area contributed by atoms with Crippen LogP contribution in [-0.4, -0.2) is 47.4 Å². The predicted molar refractivity (Wildman–Crippen MR) is 236 cm³/mol. The highest BCUT2D eigenvalue weighted by Gasteiger charge is 2.20. The standard InChI is InChI=1S/C49H93NO5/c1-3-5-7-9-11-13-15-17-18-23-27-31-35-39-43-49(54)55-44-40-36-32-28-24-20-19-22-26-30-34-38-42-48(53)50-46(45-51)47(52)41-37-33-29-25-21-16-14-12-10-8-6-4-2/h9,11,15,17,46-47,51-52H,3-8,10,12-14,16,18-45H2,1-2H3,(H,50,53)/b11-9-,17-15-. The Morgan fingerprint density at radius 2 is 0.927 bits per heavy atom. The van der Waals surface area contributed by atoms with Crippen LogP contribution in [0.3, 0.4) is 0 Å². The van der Waals surface area contributed by atoms with Crippen molar-refractivity contribution < 1.29 is 24.5 Å². The van der Waals surface area contributed by atoms with E-state index in [0.717, 1.165) is 70.6 Å². The van der Waals surface area contributed by atoms with Crippen molar-refractivity contribution in [3.8, 4) is 0 Å². The summed E-state index contributed by atoms with van der Waals surface area (Å²) in [4.78, 5) is 24.4. The number of hydrogen-bond acceptors (Lipinski definition) is 5. The molecule has 1 amide bonds. The van der Waals surface area contributed by atoms with E-state index in [1.165, 1.54) is 148 Å². The Bertz CT molecular complexity index is 858. The number of hydrogen-bond donors (Lipinski definition) is 3. The molecule has 0 aromatic rings. The van der Waals surface area contributed by atoms with E-state index in [1.807, 2.05) is 0 Å².